The first-order valence-corrected chi connectivity index (χ1v) is 6.62. The van der Waals surface area contributed by atoms with Gasteiger partial charge < -0.3 is 5.11 Å². The third-order valence-electron chi connectivity index (χ3n) is 2.96. The zero-order valence-electron chi connectivity index (χ0n) is 16.8. The van der Waals surface area contributed by atoms with E-state index >= 15 is 0 Å². The number of nitrogens with zero attached hydrogens (tertiary/aromatic N) is 4. The normalized spacial score (nSPS) is 12.6. The van der Waals surface area contributed by atoms with Crippen LogP contribution < -0.4 is 5.43 Å². The van der Waals surface area contributed by atoms with Gasteiger partial charge in [-0.05, 0) is 6.04 Å². The summed E-state index contributed by atoms with van der Waals surface area (Å²) < 4.78 is 30.3. The second kappa shape index (κ2) is 7.64. The van der Waals surface area contributed by atoms with Crippen molar-refractivity contribution >= 4 is 29.2 Å². The number of para-hydroxylation sites is 1. The van der Waals surface area contributed by atoms with Gasteiger partial charge in [-0.2, -0.15) is 5.10 Å². The highest BCUT2D eigenvalue weighted by atomic mass is 16.6. The molecule has 138 valence electrons. The van der Waals surface area contributed by atoms with Gasteiger partial charge in [0.15, 0.2) is 0 Å². The average Bonchev–Trinajstić information content (AvgIpc) is 2.69. The SMILES string of the molecule is [2H]c1c([2H])c([2H])c([N+](=O)[O-])c(/C=[15N]/[15NH]C(=O)c2cc([N+](=O)[O-])cc([N+](=O)[O-])c2O)c1[2H]. The van der Waals surface area contributed by atoms with Crippen molar-refractivity contribution in [2.45, 2.75) is 0 Å². The molecule has 13 heteroatoms. The van der Waals surface area contributed by atoms with Crippen molar-refractivity contribution in [3.63, 3.8) is 0 Å². The molecular weight excluding hydrogens is 368 g/mol. The number of rotatable bonds is 6. The van der Waals surface area contributed by atoms with Crippen molar-refractivity contribution in [2.24, 2.45) is 5.10 Å². The van der Waals surface area contributed by atoms with Crippen molar-refractivity contribution in [2.75, 3.05) is 0 Å². The van der Waals surface area contributed by atoms with Crippen LogP contribution in [0.25, 0.3) is 0 Å². The molecule has 0 fully saturated rings. The number of hydrazone groups is 1. The van der Waals surface area contributed by atoms with Crippen LogP contribution in [0.4, 0.5) is 17.1 Å². The van der Waals surface area contributed by atoms with Crippen molar-refractivity contribution in [1.82, 2.24) is 5.43 Å². The molecule has 1 amide bonds. The van der Waals surface area contributed by atoms with Crippen LogP contribution >= 0.6 is 0 Å². The van der Waals surface area contributed by atoms with E-state index in [1.165, 1.54) is 0 Å². The number of carbonyl (C=O) groups excluding carboxylic acids is 1. The molecule has 13 nitrogen and oxygen atoms in total. The van der Waals surface area contributed by atoms with Gasteiger partial charge in [0.25, 0.3) is 17.3 Å². The number of hydrogen-bond acceptors (Lipinski definition) is 9. The van der Waals surface area contributed by atoms with E-state index in [1.54, 1.807) is 5.43 Å². The van der Waals surface area contributed by atoms with Crippen molar-refractivity contribution in [1.29, 1.82) is 0 Å². The first kappa shape index (κ1) is 13.8. The lowest BCUT2D eigenvalue weighted by molar-refractivity contribution is -0.394. The molecule has 0 radical (unpaired) electrons. The Bertz CT molecular complexity index is 1190. The van der Waals surface area contributed by atoms with E-state index in [9.17, 15) is 40.2 Å². The van der Waals surface area contributed by atoms with E-state index in [0.717, 1.165) is 0 Å². The number of non-ortho nitro benzene ring substituents is 1. The van der Waals surface area contributed by atoms with Gasteiger partial charge in [0.1, 0.15) is 0 Å². The van der Waals surface area contributed by atoms with Gasteiger partial charge in [-0.3, -0.25) is 35.1 Å². The Balaban J connectivity index is 2.48. The lowest BCUT2D eigenvalue weighted by atomic mass is 10.1. The van der Waals surface area contributed by atoms with Crippen LogP contribution in [0.2, 0.25) is 0 Å². The van der Waals surface area contributed by atoms with Crippen LogP contribution in [0.1, 0.15) is 21.4 Å². The van der Waals surface area contributed by atoms with Gasteiger partial charge in [-0.15, -0.1) is 0 Å². The molecular formula is C14H9N5O8. The number of amides is 1. The summed E-state index contributed by atoms with van der Waals surface area (Å²) in [6.45, 7) is 0. The number of hydrogen-bond donors (Lipinski definition) is 2. The van der Waals surface area contributed by atoms with Gasteiger partial charge in [0.2, 0.25) is 5.75 Å². The highest BCUT2D eigenvalue weighted by Crippen LogP contribution is 2.34. The highest BCUT2D eigenvalue weighted by molar-refractivity contribution is 5.99. The zero-order valence-corrected chi connectivity index (χ0v) is 12.8. The number of benzene rings is 2. The average molecular weight is 381 g/mol. The van der Waals surface area contributed by atoms with Crippen LogP contribution in [0.3, 0.4) is 0 Å². The van der Waals surface area contributed by atoms with Crippen molar-refractivity contribution in [3.05, 3.63) is 77.8 Å². The molecule has 0 aromatic heterocycles. The third-order valence-corrected chi connectivity index (χ3v) is 2.96. The maximum absolute atomic E-state index is 12.2. The van der Waals surface area contributed by atoms with E-state index in [4.69, 9.17) is 5.48 Å². The Hall–Kier alpha value is -4.42. The van der Waals surface area contributed by atoms with Gasteiger partial charge in [0.05, 0.1) is 43.7 Å². The van der Waals surface area contributed by atoms with Crippen LogP contribution in [-0.2, 0) is 0 Å². The second-order valence-corrected chi connectivity index (χ2v) is 4.59. The summed E-state index contributed by atoms with van der Waals surface area (Å²) >= 11 is 0. The number of aromatic hydroxyl groups is 1. The first-order chi connectivity index (χ1) is 14.4. The van der Waals surface area contributed by atoms with Crippen LogP contribution in [-0.4, -0.2) is 32.0 Å². The fourth-order valence-electron chi connectivity index (χ4n) is 1.79. The Morgan fingerprint density at radius 3 is 2.30 bits per heavy atom. The summed E-state index contributed by atoms with van der Waals surface area (Å²) in [4.78, 5) is 41.9. The molecule has 0 aliphatic heterocycles. The third kappa shape index (κ3) is 4.16. The van der Waals surface area contributed by atoms with Gasteiger partial charge >= 0.3 is 5.69 Å². The molecule has 0 unspecified atom stereocenters. The predicted molar refractivity (Wildman–Crippen MR) is 89.6 cm³/mol. The minimum atomic E-state index is -1.37. The van der Waals surface area contributed by atoms with Crippen molar-refractivity contribution < 1.29 is 30.2 Å². The molecule has 0 saturated carbocycles. The molecule has 0 atom stereocenters. The van der Waals surface area contributed by atoms with E-state index in [-0.39, 0.29) is 0 Å². The van der Waals surface area contributed by atoms with Crippen LogP contribution in [0.15, 0.2) is 41.4 Å². The standard InChI is InChI=1S/C14H9N5O8/c20-13-10(5-9(17(22)23)6-12(13)19(26)27)14(21)16-15-7-8-3-1-2-4-11(8)18(24)25/h1-7,20H,(H,16,21)/b15-7+/i1D,2D,3D,4D,15+1,16+1. The van der Waals surface area contributed by atoms with Crippen LogP contribution in [0, 0.1) is 30.3 Å². The van der Waals surface area contributed by atoms with E-state index in [0.29, 0.717) is 18.3 Å². The van der Waals surface area contributed by atoms with Gasteiger partial charge in [0, 0.05) is 12.1 Å². The van der Waals surface area contributed by atoms with E-state index < -0.39 is 78.8 Å². The zero-order chi connectivity index (χ0) is 23.6. The summed E-state index contributed by atoms with van der Waals surface area (Å²) in [5, 5.41) is 46.1. The molecule has 0 spiro atoms. The Morgan fingerprint density at radius 1 is 1.07 bits per heavy atom. The van der Waals surface area contributed by atoms with E-state index in [1.807, 2.05) is 0 Å². The Kier molecular flexibility index (Phi) is 3.91. The molecule has 2 rings (SSSR count). The molecule has 27 heavy (non-hydrogen) atoms. The van der Waals surface area contributed by atoms with Crippen molar-refractivity contribution in [3.8, 4) is 5.75 Å². The largest absolute Gasteiger partial charge is 0.502 e. The van der Waals surface area contributed by atoms with Crippen LogP contribution in [0.5, 0.6) is 5.75 Å². The number of nitrogens with one attached hydrogen (secondary N) is 1. The Morgan fingerprint density at radius 2 is 1.70 bits per heavy atom. The first-order valence-electron chi connectivity index (χ1n) is 8.62. The quantitative estimate of drug-likeness (QED) is 0.328. The number of phenolic OH excluding ortho intramolecular Hbond substituents is 1. The number of phenols is 1. The molecule has 0 heterocycles. The lowest BCUT2D eigenvalue weighted by Crippen LogP contribution is -2.18. The van der Waals surface area contributed by atoms with Gasteiger partial charge in [-0.1, -0.05) is 12.1 Å². The fourth-order valence-corrected chi connectivity index (χ4v) is 1.79. The molecule has 0 bridgehead atoms. The lowest BCUT2D eigenvalue weighted by Gasteiger charge is -2.04. The molecule has 2 N–H and O–H groups in total. The smallest absolute Gasteiger partial charge is 0.318 e. The molecule has 0 saturated heterocycles. The summed E-state index contributed by atoms with van der Waals surface area (Å²) in [6, 6.07) is -2.52. The molecule has 2 aromatic rings. The maximum Gasteiger partial charge on any atom is 0.318 e. The minimum Gasteiger partial charge on any atom is -0.502 e. The van der Waals surface area contributed by atoms with E-state index in [2.05, 4.69) is 5.10 Å². The monoisotopic (exact) mass is 381 g/mol. The summed E-state index contributed by atoms with van der Waals surface area (Å²) in [5.41, 5.74) is -2.91. The molecule has 2 aromatic carbocycles. The summed E-state index contributed by atoms with van der Waals surface area (Å²) in [5.74, 6) is -2.57. The Labute approximate surface area is 154 Å². The maximum atomic E-state index is 12.2. The summed E-state index contributed by atoms with van der Waals surface area (Å²) in [6.07, 6.45) is 0.525. The fraction of sp³-hybridized carbons (Fsp3) is 0. The molecule has 0 aliphatic rings. The number of nitro benzene ring substituents is 3. The number of carbonyl (C=O) groups is 1. The second-order valence-electron chi connectivity index (χ2n) is 4.59. The molecule has 0 aliphatic carbocycles. The number of nitro groups is 3. The van der Waals surface area contributed by atoms with Gasteiger partial charge in [-0.25, -0.2) is 5.43 Å². The predicted octanol–water partition coefficient (Wildman–Crippen LogP) is 1.88. The minimum absolute atomic E-state index is 0.430. The summed E-state index contributed by atoms with van der Waals surface area (Å²) in [7, 11) is 0. The topological polar surface area (TPSA) is 191 Å². The highest BCUT2D eigenvalue weighted by Gasteiger charge is 2.27.